The maximum Gasteiger partial charge on any atom is 0.251 e. The van der Waals surface area contributed by atoms with E-state index in [1.54, 1.807) is 12.1 Å². The minimum atomic E-state index is -0.560. The van der Waals surface area contributed by atoms with Gasteiger partial charge in [0.15, 0.2) is 0 Å². The highest BCUT2D eigenvalue weighted by Crippen LogP contribution is 2.15. The molecule has 0 radical (unpaired) electrons. The average Bonchev–Trinajstić information content (AvgIpc) is 2.12. The molecule has 1 aromatic carbocycles. The molecule has 4 nitrogen and oxygen atoms in total. The highest BCUT2D eigenvalue weighted by atomic mass is 79.9. The van der Waals surface area contributed by atoms with Gasteiger partial charge >= 0.3 is 0 Å². The second-order valence-electron chi connectivity index (χ2n) is 3.17. The smallest absolute Gasteiger partial charge is 0.251 e. The van der Waals surface area contributed by atoms with Crippen LogP contribution in [0.3, 0.4) is 0 Å². The van der Waals surface area contributed by atoms with Gasteiger partial charge in [0.2, 0.25) is 5.91 Å². The van der Waals surface area contributed by atoms with E-state index in [-0.39, 0.29) is 12.5 Å². The summed E-state index contributed by atoms with van der Waals surface area (Å²) in [5, 5.41) is 2.42. The number of hydrogen-bond acceptors (Lipinski definition) is 2. The van der Waals surface area contributed by atoms with E-state index < -0.39 is 5.91 Å². The number of nitrogens with one attached hydrogen (secondary N) is 1. The third-order valence-electron chi connectivity index (χ3n) is 1.73. The molecule has 0 unspecified atom stereocenters. The number of benzene rings is 1. The molecule has 0 bridgehead atoms. The summed E-state index contributed by atoms with van der Waals surface area (Å²) in [6.07, 6.45) is 0. The first-order chi connectivity index (χ1) is 6.99. The number of halogens is 1. The lowest BCUT2D eigenvalue weighted by molar-refractivity contribution is -0.117. The van der Waals surface area contributed by atoms with Gasteiger partial charge in [-0.1, -0.05) is 15.9 Å². The van der Waals surface area contributed by atoms with Crippen molar-refractivity contribution in [1.29, 1.82) is 0 Å². The van der Waals surface area contributed by atoms with Gasteiger partial charge in [-0.3, -0.25) is 9.59 Å². The van der Waals surface area contributed by atoms with Crippen molar-refractivity contribution in [3.63, 3.8) is 0 Å². The van der Waals surface area contributed by atoms with Gasteiger partial charge in [0.05, 0.1) is 6.54 Å². The van der Waals surface area contributed by atoms with Crippen LogP contribution in [0.15, 0.2) is 22.7 Å². The Morgan fingerprint density at radius 3 is 2.60 bits per heavy atom. The minimum absolute atomic E-state index is 0.148. The molecular weight excluding hydrogens is 260 g/mol. The Bertz CT molecular complexity index is 384. The molecule has 80 valence electrons. The number of primary amides is 1. The van der Waals surface area contributed by atoms with E-state index in [1.165, 1.54) is 0 Å². The van der Waals surface area contributed by atoms with Crippen LogP contribution >= 0.6 is 15.9 Å². The average molecular weight is 271 g/mol. The molecule has 0 atom stereocenters. The van der Waals surface area contributed by atoms with Crippen LogP contribution in [0.5, 0.6) is 0 Å². The van der Waals surface area contributed by atoms with Crippen LogP contribution < -0.4 is 11.1 Å². The molecule has 0 aliphatic carbocycles. The standard InChI is InChI=1S/C10H11BrN2O2/c1-6-2-7(4-8(11)3-6)10(15)13-5-9(12)14/h2-4H,5H2,1H3,(H2,12,14)(H,13,15). The molecule has 5 heteroatoms. The summed E-state index contributed by atoms with van der Waals surface area (Å²) in [5.41, 5.74) is 6.38. The number of nitrogens with two attached hydrogens (primary N) is 1. The van der Waals surface area contributed by atoms with E-state index >= 15 is 0 Å². The molecular formula is C10H11BrN2O2. The third-order valence-corrected chi connectivity index (χ3v) is 2.19. The fraction of sp³-hybridized carbons (Fsp3) is 0.200. The van der Waals surface area contributed by atoms with Gasteiger partial charge < -0.3 is 11.1 Å². The summed E-state index contributed by atoms with van der Waals surface area (Å²) >= 11 is 3.29. The molecule has 0 aliphatic heterocycles. The molecule has 0 spiro atoms. The van der Waals surface area contributed by atoms with E-state index in [2.05, 4.69) is 21.2 Å². The van der Waals surface area contributed by atoms with Gasteiger partial charge in [-0.15, -0.1) is 0 Å². The van der Waals surface area contributed by atoms with Gasteiger partial charge in [-0.25, -0.2) is 0 Å². The Morgan fingerprint density at radius 1 is 1.40 bits per heavy atom. The number of amides is 2. The maximum atomic E-state index is 11.5. The first-order valence-electron chi connectivity index (χ1n) is 4.33. The number of aryl methyl sites for hydroxylation is 1. The Hall–Kier alpha value is -1.36. The summed E-state index contributed by atoms with van der Waals surface area (Å²) in [7, 11) is 0. The monoisotopic (exact) mass is 270 g/mol. The van der Waals surface area contributed by atoms with Gasteiger partial charge in [0.1, 0.15) is 0 Å². The molecule has 0 aromatic heterocycles. The van der Waals surface area contributed by atoms with Crippen molar-refractivity contribution in [3.8, 4) is 0 Å². The van der Waals surface area contributed by atoms with Crippen molar-refractivity contribution in [2.45, 2.75) is 6.92 Å². The van der Waals surface area contributed by atoms with Crippen molar-refractivity contribution in [1.82, 2.24) is 5.32 Å². The van der Waals surface area contributed by atoms with Crippen LogP contribution in [-0.2, 0) is 4.79 Å². The van der Waals surface area contributed by atoms with Crippen LogP contribution in [-0.4, -0.2) is 18.4 Å². The fourth-order valence-electron chi connectivity index (χ4n) is 1.14. The van der Waals surface area contributed by atoms with Crippen LogP contribution in [0.25, 0.3) is 0 Å². The van der Waals surface area contributed by atoms with E-state index in [1.807, 2.05) is 13.0 Å². The second-order valence-corrected chi connectivity index (χ2v) is 4.08. The lowest BCUT2D eigenvalue weighted by atomic mass is 10.1. The van der Waals surface area contributed by atoms with Crippen molar-refractivity contribution in [3.05, 3.63) is 33.8 Å². The molecule has 0 fully saturated rings. The summed E-state index contributed by atoms with van der Waals surface area (Å²) in [6, 6.07) is 5.31. The van der Waals surface area contributed by atoms with Crippen molar-refractivity contribution < 1.29 is 9.59 Å². The zero-order chi connectivity index (χ0) is 11.4. The largest absolute Gasteiger partial charge is 0.368 e. The zero-order valence-electron chi connectivity index (χ0n) is 8.21. The van der Waals surface area contributed by atoms with Crippen LogP contribution in [0.2, 0.25) is 0 Å². The van der Waals surface area contributed by atoms with Gasteiger partial charge in [-0.05, 0) is 30.7 Å². The zero-order valence-corrected chi connectivity index (χ0v) is 9.80. The summed E-state index contributed by atoms with van der Waals surface area (Å²) in [6.45, 7) is 1.74. The van der Waals surface area contributed by atoms with Crippen LogP contribution in [0.1, 0.15) is 15.9 Å². The lowest BCUT2D eigenvalue weighted by Gasteiger charge is -2.04. The van der Waals surface area contributed by atoms with Crippen LogP contribution in [0.4, 0.5) is 0 Å². The second kappa shape index (κ2) is 4.93. The highest BCUT2D eigenvalue weighted by molar-refractivity contribution is 9.10. The quantitative estimate of drug-likeness (QED) is 0.859. The Kier molecular flexibility index (Phi) is 3.85. The molecule has 2 amide bonds. The molecule has 0 aliphatic rings. The van der Waals surface area contributed by atoms with E-state index in [4.69, 9.17) is 5.73 Å². The molecule has 1 aromatic rings. The lowest BCUT2D eigenvalue weighted by Crippen LogP contribution is -2.33. The SMILES string of the molecule is Cc1cc(Br)cc(C(=O)NCC(N)=O)c1. The predicted octanol–water partition coefficient (Wildman–Crippen LogP) is 0.973. The molecule has 0 heterocycles. The predicted molar refractivity (Wildman–Crippen MR) is 60.4 cm³/mol. The van der Waals surface area contributed by atoms with Crippen LogP contribution in [0, 0.1) is 6.92 Å². The molecule has 3 N–H and O–H groups in total. The third kappa shape index (κ3) is 3.71. The van der Waals surface area contributed by atoms with E-state index in [9.17, 15) is 9.59 Å². The normalized spacial score (nSPS) is 9.73. The molecule has 0 saturated carbocycles. The minimum Gasteiger partial charge on any atom is -0.368 e. The Balaban J connectivity index is 2.77. The van der Waals surface area contributed by atoms with Gasteiger partial charge in [0, 0.05) is 10.0 Å². The highest BCUT2D eigenvalue weighted by Gasteiger charge is 2.07. The molecule has 1 rings (SSSR count). The number of carbonyl (C=O) groups is 2. The Morgan fingerprint density at radius 2 is 2.07 bits per heavy atom. The number of rotatable bonds is 3. The van der Waals surface area contributed by atoms with Gasteiger partial charge in [-0.2, -0.15) is 0 Å². The maximum absolute atomic E-state index is 11.5. The van der Waals surface area contributed by atoms with Crippen molar-refractivity contribution in [2.75, 3.05) is 6.54 Å². The molecule has 15 heavy (non-hydrogen) atoms. The van der Waals surface area contributed by atoms with Crippen molar-refractivity contribution >= 4 is 27.7 Å². The summed E-state index contributed by atoms with van der Waals surface area (Å²) in [4.78, 5) is 22.0. The van der Waals surface area contributed by atoms with Gasteiger partial charge in [0.25, 0.3) is 5.91 Å². The van der Waals surface area contributed by atoms with E-state index in [0.717, 1.165) is 10.0 Å². The topological polar surface area (TPSA) is 72.2 Å². The first-order valence-corrected chi connectivity index (χ1v) is 5.12. The Labute approximate surface area is 96.0 Å². The number of carbonyl (C=O) groups excluding carboxylic acids is 2. The summed E-state index contributed by atoms with van der Waals surface area (Å²) in [5.74, 6) is -0.867. The first kappa shape index (κ1) is 11.7. The number of hydrogen-bond donors (Lipinski definition) is 2. The molecule has 0 saturated heterocycles. The summed E-state index contributed by atoms with van der Waals surface area (Å²) < 4.78 is 0.826. The fourth-order valence-corrected chi connectivity index (χ4v) is 1.74. The van der Waals surface area contributed by atoms with E-state index in [0.29, 0.717) is 5.56 Å². The van der Waals surface area contributed by atoms with Crippen molar-refractivity contribution in [2.24, 2.45) is 5.73 Å².